The van der Waals surface area contributed by atoms with Crippen LogP contribution >= 0.6 is 0 Å². The SMILES string of the molecule is O=C(NC1CCCNC1)c1cccc(-n2cncn2)c1. The van der Waals surface area contributed by atoms with Gasteiger partial charge in [0.25, 0.3) is 5.91 Å². The molecule has 104 valence electrons. The van der Waals surface area contributed by atoms with Crippen molar-refractivity contribution < 1.29 is 4.79 Å². The van der Waals surface area contributed by atoms with Gasteiger partial charge in [-0.05, 0) is 37.6 Å². The molecule has 2 aromatic rings. The van der Waals surface area contributed by atoms with Gasteiger partial charge in [0.1, 0.15) is 12.7 Å². The molecule has 3 rings (SSSR count). The number of rotatable bonds is 3. The van der Waals surface area contributed by atoms with Crippen molar-refractivity contribution in [2.24, 2.45) is 0 Å². The second-order valence-corrected chi connectivity index (χ2v) is 4.91. The van der Waals surface area contributed by atoms with Gasteiger partial charge >= 0.3 is 0 Å². The summed E-state index contributed by atoms with van der Waals surface area (Å²) in [5, 5.41) is 10.4. The highest BCUT2D eigenvalue weighted by Crippen LogP contribution is 2.10. The molecule has 0 radical (unpaired) electrons. The maximum atomic E-state index is 12.3. The van der Waals surface area contributed by atoms with Crippen LogP contribution in [0.15, 0.2) is 36.9 Å². The molecule has 6 nitrogen and oxygen atoms in total. The maximum Gasteiger partial charge on any atom is 0.251 e. The zero-order valence-corrected chi connectivity index (χ0v) is 11.1. The minimum atomic E-state index is -0.0411. The van der Waals surface area contributed by atoms with Gasteiger partial charge in [0, 0.05) is 18.2 Å². The summed E-state index contributed by atoms with van der Waals surface area (Å²) < 4.78 is 1.64. The Morgan fingerprint density at radius 1 is 1.45 bits per heavy atom. The first kappa shape index (κ1) is 12.8. The van der Waals surface area contributed by atoms with Crippen LogP contribution in [-0.2, 0) is 0 Å². The van der Waals surface area contributed by atoms with E-state index in [9.17, 15) is 4.79 Å². The predicted octanol–water partition coefficient (Wildman–Crippen LogP) is 0.749. The molecule has 1 unspecified atom stereocenters. The molecular weight excluding hydrogens is 254 g/mol. The summed E-state index contributed by atoms with van der Waals surface area (Å²) in [6.07, 6.45) is 5.22. The van der Waals surface area contributed by atoms with Crippen molar-refractivity contribution in [3.63, 3.8) is 0 Å². The summed E-state index contributed by atoms with van der Waals surface area (Å²) in [7, 11) is 0. The van der Waals surface area contributed by atoms with E-state index in [2.05, 4.69) is 20.7 Å². The third-order valence-electron chi connectivity index (χ3n) is 3.42. The van der Waals surface area contributed by atoms with Gasteiger partial charge < -0.3 is 10.6 Å². The molecular formula is C14H17N5O. The average Bonchev–Trinajstić information content (AvgIpc) is 3.03. The van der Waals surface area contributed by atoms with Gasteiger partial charge in [0.05, 0.1) is 5.69 Å². The molecule has 2 N–H and O–H groups in total. The summed E-state index contributed by atoms with van der Waals surface area (Å²) in [6, 6.07) is 7.59. The molecule has 2 heterocycles. The minimum absolute atomic E-state index is 0.0411. The van der Waals surface area contributed by atoms with Crippen molar-refractivity contribution in [1.82, 2.24) is 25.4 Å². The molecule has 1 aliphatic rings. The molecule has 1 fully saturated rings. The van der Waals surface area contributed by atoms with Crippen LogP contribution in [0.25, 0.3) is 5.69 Å². The number of aromatic nitrogens is 3. The number of carbonyl (C=O) groups excluding carboxylic acids is 1. The van der Waals surface area contributed by atoms with Crippen molar-refractivity contribution in [2.45, 2.75) is 18.9 Å². The van der Waals surface area contributed by atoms with Crippen molar-refractivity contribution in [2.75, 3.05) is 13.1 Å². The topological polar surface area (TPSA) is 71.8 Å². The fourth-order valence-electron chi connectivity index (χ4n) is 2.37. The van der Waals surface area contributed by atoms with Crippen LogP contribution in [0.1, 0.15) is 23.2 Å². The monoisotopic (exact) mass is 271 g/mol. The first-order valence-corrected chi connectivity index (χ1v) is 6.79. The summed E-state index contributed by atoms with van der Waals surface area (Å²) >= 11 is 0. The average molecular weight is 271 g/mol. The Balaban J connectivity index is 1.73. The number of carbonyl (C=O) groups is 1. The first-order chi connectivity index (χ1) is 9.83. The number of nitrogens with one attached hydrogen (secondary N) is 2. The van der Waals surface area contributed by atoms with Crippen LogP contribution in [0.4, 0.5) is 0 Å². The molecule has 1 saturated heterocycles. The normalized spacial score (nSPS) is 18.7. The van der Waals surface area contributed by atoms with Gasteiger partial charge in [-0.1, -0.05) is 6.07 Å². The standard InChI is InChI=1S/C14H17N5O/c20-14(18-12-4-2-6-15-8-12)11-3-1-5-13(7-11)19-10-16-9-17-19/h1,3,5,7,9-10,12,15H,2,4,6,8H2,(H,18,20). The molecule has 1 aromatic carbocycles. The Labute approximate surface area is 117 Å². The molecule has 0 bridgehead atoms. The summed E-state index contributed by atoms with van der Waals surface area (Å²) in [5.74, 6) is -0.0411. The van der Waals surface area contributed by atoms with E-state index >= 15 is 0 Å². The van der Waals surface area contributed by atoms with Crippen molar-refractivity contribution >= 4 is 5.91 Å². The molecule has 1 aromatic heterocycles. The lowest BCUT2D eigenvalue weighted by atomic mass is 10.1. The lowest BCUT2D eigenvalue weighted by molar-refractivity contribution is 0.0930. The summed E-state index contributed by atoms with van der Waals surface area (Å²) in [6.45, 7) is 1.88. The number of piperidine rings is 1. The number of hydrogen-bond acceptors (Lipinski definition) is 4. The van der Waals surface area contributed by atoms with Crippen molar-refractivity contribution in [3.8, 4) is 5.69 Å². The Bertz CT molecular complexity index is 575. The van der Waals surface area contributed by atoms with Crippen molar-refractivity contribution in [3.05, 3.63) is 42.5 Å². The first-order valence-electron chi connectivity index (χ1n) is 6.79. The van der Waals surface area contributed by atoms with Crippen LogP contribution in [-0.4, -0.2) is 39.8 Å². The van der Waals surface area contributed by atoms with Crippen molar-refractivity contribution in [1.29, 1.82) is 0 Å². The molecule has 20 heavy (non-hydrogen) atoms. The lowest BCUT2D eigenvalue weighted by Crippen LogP contribution is -2.45. The fourth-order valence-corrected chi connectivity index (χ4v) is 2.37. The number of hydrogen-bond donors (Lipinski definition) is 2. The highest BCUT2D eigenvalue weighted by atomic mass is 16.1. The Morgan fingerprint density at radius 3 is 3.15 bits per heavy atom. The Kier molecular flexibility index (Phi) is 3.73. The molecule has 0 spiro atoms. The van der Waals surface area contributed by atoms with E-state index in [1.807, 2.05) is 24.3 Å². The molecule has 1 atom stereocenters. The third kappa shape index (κ3) is 2.85. The van der Waals surface area contributed by atoms with Gasteiger partial charge in [-0.25, -0.2) is 9.67 Å². The zero-order valence-electron chi connectivity index (χ0n) is 11.1. The largest absolute Gasteiger partial charge is 0.348 e. The molecule has 6 heteroatoms. The number of amides is 1. The number of nitrogens with zero attached hydrogens (tertiary/aromatic N) is 3. The van der Waals surface area contributed by atoms with E-state index < -0.39 is 0 Å². The smallest absolute Gasteiger partial charge is 0.251 e. The summed E-state index contributed by atoms with van der Waals surface area (Å²) in [5.41, 5.74) is 1.47. The van der Waals surface area contributed by atoms with Crippen LogP contribution < -0.4 is 10.6 Å². The summed E-state index contributed by atoms with van der Waals surface area (Å²) in [4.78, 5) is 16.2. The lowest BCUT2D eigenvalue weighted by Gasteiger charge is -2.23. The van der Waals surface area contributed by atoms with Gasteiger partial charge in [-0.2, -0.15) is 5.10 Å². The predicted molar refractivity (Wildman–Crippen MR) is 74.7 cm³/mol. The van der Waals surface area contributed by atoms with Gasteiger partial charge in [0.2, 0.25) is 0 Å². The molecule has 0 aliphatic carbocycles. The maximum absolute atomic E-state index is 12.3. The van der Waals surface area contributed by atoms with E-state index in [1.54, 1.807) is 11.0 Å². The van der Waals surface area contributed by atoms with E-state index in [-0.39, 0.29) is 11.9 Å². The Morgan fingerprint density at radius 2 is 2.40 bits per heavy atom. The van der Waals surface area contributed by atoms with Gasteiger partial charge in [-0.3, -0.25) is 4.79 Å². The zero-order chi connectivity index (χ0) is 13.8. The van der Waals surface area contributed by atoms with Crippen LogP contribution in [0, 0.1) is 0 Å². The van der Waals surface area contributed by atoms with Crippen LogP contribution in [0.3, 0.4) is 0 Å². The van der Waals surface area contributed by atoms with Gasteiger partial charge in [-0.15, -0.1) is 0 Å². The third-order valence-corrected chi connectivity index (χ3v) is 3.42. The van der Waals surface area contributed by atoms with E-state index in [4.69, 9.17) is 0 Å². The van der Waals surface area contributed by atoms with E-state index in [1.165, 1.54) is 6.33 Å². The quantitative estimate of drug-likeness (QED) is 0.864. The second kappa shape index (κ2) is 5.83. The minimum Gasteiger partial charge on any atom is -0.348 e. The highest BCUT2D eigenvalue weighted by molar-refractivity contribution is 5.94. The highest BCUT2D eigenvalue weighted by Gasteiger charge is 2.16. The van der Waals surface area contributed by atoms with E-state index in [0.717, 1.165) is 31.6 Å². The fraction of sp³-hybridized carbons (Fsp3) is 0.357. The van der Waals surface area contributed by atoms with Crippen LogP contribution in [0.5, 0.6) is 0 Å². The van der Waals surface area contributed by atoms with Crippen LogP contribution in [0.2, 0.25) is 0 Å². The Hall–Kier alpha value is -2.21. The molecule has 0 saturated carbocycles. The number of benzene rings is 1. The van der Waals surface area contributed by atoms with Gasteiger partial charge in [0.15, 0.2) is 0 Å². The van der Waals surface area contributed by atoms with E-state index in [0.29, 0.717) is 5.56 Å². The molecule has 1 amide bonds. The second-order valence-electron chi connectivity index (χ2n) is 4.91. The molecule has 1 aliphatic heterocycles.